The molecule has 0 bridgehead atoms. The van der Waals surface area contributed by atoms with Crippen LogP contribution in [0.3, 0.4) is 0 Å². The number of nitrogens with zero attached hydrogens (tertiary/aromatic N) is 1. The molecule has 5 rings (SSSR count). The fourth-order valence-corrected chi connectivity index (χ4v) is 4.48. The maximum Gasteiger partial charge on any atom is 0.354 e. The second-order valence-electron chi connectivity index (χ2n) is 8.11. The van der Waals surface area contributed by atoms with E-state index >= 15 is 0 Å². The number of ether oxygens (including phenoxy) is 1. The van der Waals surface area contributed by atoms with Crippen LogP contribution in [0.2, 0.25) is 0 Å². The number of carbonyl (C=O) groups excluding carboxylic acids is 1. The second-order valence-corrected chi connectivity index (χ2v) is 8.11. The van der Waals surface area contributed by atoms with Gasteiger partial charge in [0.25, 0.3) is 5.56 Å². The number of halogens is 1. The molecule has 0 amide bonds. The summed E-state index contributed by atoms with van der Waals surface area (Å²) >= 11 is 0. The summed E-state index contributed by atoms with van der Waals surface area (Å²) in [4.78, 5) is 28.9. The molecule has 33 heavy (non-hydrogen) atoms. The van der Waals surface area contributed by atoms with Crippen LogP contribution in [0.4, 0.5) is 4.39 Å². The number of aromatic amines is 1. The van der Waals surface area contributed by atoms with Crippen LogP contribution in [0, 0.1) is 5.82 Å². The van der Waals surface area contributed by atoms with E-state index in [2.05, 4.69) is 4.98 Å². The molecule has 0 saturated heterocycles. The van der Waals surface area contributed by atoms with E-state index in [4.69, 9.17) is 4.74 Å². The summed E-state index contributed by atoms with van der Waals surface area (Å²) in [6.45, 7) is 2.38. The number of carbonyl (C=O) groups is 1. The van der Waals surface area contributed by atoms with Gasteiger partial charge in [-0.15, -0.1) is 0 Å². The van der Waals surface area contributed by atoms with E-state index in [0.29, 0.717) is 17.8 Å². The summed E-state index contributed by atoms with van der Waals surface area (Å²) in [5.41, 5.74) is 6.11. The van der Waals surface area contributed by atoms with Gasteiger partial charge < -0.3 is 14.3 Å². The Balaban J connectivity index is 1.67. The zero-order chi connectivity index (χ0) is 22.9. The van der Waals surface area contributed by atoms with E-state index in [9.17, 15) is 14.0 Å². The highest BCUT2D eigenvalue weighted by Gasteiger charge is 2.28. The third-order valence-corrected chi connectivity index (χ3v) is 6.02. The van der Waals surface area contributed by atoms with Crippen LogP contribution < -0.4 is 5.56 Å². The van der Waals surface area contributed by atoms with Crippen molar-refractivity contribution in [1.82, 2.24) is 9.55 Å². The minimum absolute atomic E-state index is 0.181. The van der Waals surface area contributed by atoms with Crippen LogP contribution in [0.5, 0.6) is 0 Å². The van der Waals surface area contributed by atoms with E-state index < -0.39 is 5.97 Å². The lowest BCUT2D eigenvalue weighted by atomic mass is 9.92. The highest BCUT2D eigenvalue weighted by molar-refractivity contribution is 5.90. The van der Waals surface area contributed by atoms with Crippen LogP contribution >= 0.6 is 0 Å². The first kappa shape index (κ1) is 20.9. The molecule has 2 aromatic heterocycles. The molecule has 0 fully saturated rings. The first-order chi connectivity index (χ1) is 16.0. The fraction of sp³-hybridized carbons (Fsp3) is 0.185. The number of H-pyrrole nitrogens is 1. The summed E-state index contributed by atoms with van der Waals surface area (Å²) in [7, 11) is 0. The molecule has 0 unspecified atom stereocenters. The molecule has 2 aromatic carbocycles. The molecule has 166 valence electrons. The standard InChI is InChI=1S/C27H23FN2O3/c1-2-33-27(32)23-15-20-11-10-19-14-22(18-6-4-3-5-7-18)26(31)29-24(19)25(20)30(23)16-17-8-12-21(28)13-9-17/h3-9,12-15H,2,10-11,16H2,1H3,(H,29,31). The number of aryl methyl sites for hydroxylation is 2. The van der Waals surface area contributed by atoms with Gasteiger partial charge in [-0.05, 0) is 66.3 Å². The molecule has 6 heteroatoms. The van der Waals surface area contributed by atoms with Gasteiger partial charge in [0.2, 0.25) is 0 Å². The number of hydrogen-bond acceptors (Lipinski definition) is 3. The van der Waals surface area contributed by atoms with Gasteiger partial charge in [0, 0.05) is 12.1 Å². The van der Waals surface area contributed by atoms with Crippen LogP contribution in [-0.2, 0) is 24.1 Å². The Hall–Kier alpha value is -3.93. The van der Waals surface area contributed by atoms with E-state index in [1.165, 1.54) is 12.1 Å². The molecule has 2 heterocycles. The van der Waals surface area contributed by atoms with Crippen molar-refractivity contribution in [2.24, 2.45) is 0 Å². The summed E-state index contributed by atoms with van der Waals surface area (Å²) in [5.74, 6) is -0.735. The number of fused-ring (bicyclic) bond motifs is 3. The molecule has 5 nitrogen and oxygen atoms in total. The zero-order valence-electron chi connectivity index (χ0n) is 18.2. The molecule has 0 spiro atoms. The van der Waals surface area contributed by atoms with Crippen molar-refractivity contribution in [2.75, 3.05) is 6.61 Å². The van der Waals surface area contributed by atoms with Gasteiger partial charge >= 0.3 is 5.97 Å². The van der Waals surface area contributed by atoms with Gasteiger partial charge in [-0.1, -0.05) is 42.5 Å². The molecule has 0 aliphatic heterocycles. The SMILES string of the molecule is CCOC(=O)c1cc2c(n1Cc1ccc(F)cc1)-c1[nH]c(=O)c(-c3ccccc3)cc1CC2. The van der Waals surface area contributed by atoms with Gasteiger partial charge in [0.15, 0.2) is 0 Å². The van der Waals surface area contributed by atoms with E-state index in [1.807, 2.05) is 47.0 Å². The highest BCUT2D eigenvalue weighted by atomic mass is 19.1. The van der Waals surface area contributed by atoms with E-state index in [0.717, 1.165) is 46.5 Å². The largest absolute Gasteiger partial charge is 0.461 e. The predicted octanol–water partition coefficient (Wildman–Crippen LogP) is 4.97. The number of nitrogens with one attached hydrogen (secondary N) is 1. The van der Waals surface area contributed by atoms with E-state index in [-0.39, 0.29) is 18.0 Å². The third-order valence-electron chi connectivity index (χ3n) is 6.02. The zero-order valence-corrected chi connectivity index (χ0v) is 18.2. The number of esters is 1. The molecular formula is C27H23FN2O3. The monoisotopic (exact) mass is 442 g/mol. The minimum atomic E-state index is -0.418. The maximum absolute atomic E-state index is 13.4. The van der Waals surface area contributed by atoms with Crippen molar-refractivity contribution in [3.63, 3.8) is 0 Å². The molecule has 1 aliphatic carbocycles. The van der Waals surface area contributed by atoms with Gasteiger partial charge in [0.1, 0.15) is 11.5 Å². The smallest absolute Gasteiger partial charge is 0.354 e. The van der Waals surface area contributed by atoms with Gasteiger partial charge in [-0.3, -0.25) is 4.79 Å². The average molecular weight is 442 g/mol. The molecule has 1 aliphatic rings. The first-order valence-corrected chi connectivity index (χ1v) is 11.0. The van der Waals surface area contributed by atoms with Crippen LogP contribution in [0.15, 0.2) is 71.5 Å². The topological polar surface area (TPSA) is 64.1 Å². The van der Waals surface area contributed by atoms with Crippen LogP contribution in [0.1, 0.15) is 34.1 Å². The molecule has 0 saturated carbocycles. The van der Waals surface area contributed by atoms with Gasteiger partial charge in [0.05, 0.1) is 18.0 Å². The average Bonchev–Trinajstić information content (AvgIpc) is 3.20. The third kappa shape index (κ3) is 3.89. The molecule has 0 atom stereocenters. The van der Waals surface area contributed by atoms with Gasteiger partial charge in [-0.2, -0.15) is 0 Å². The van der Waals surface area contributed by atoms with Crippen LogP contribution in [0.25, 0.3) is 22.5 Å². The van der Waals surface area contributed by atoms with E-state index in [1.54, 1.807) is 19.1 Å². The van der Waals surface area contributed by atoms with Crippen molar-refractivity contribution >= 4 is 5.97 Å². The Kier molecular flexibility index (Phi) is 5.42. The molecule has 0 radical (unpaired) electrons. The summed E-state index contributed by atoms with van der Waals surface area (Å²) in [6, 6.07) is 19.6. The second kappa shape index (κ2) is 8.54. The first-order valence-electron chi connectivity index (χ1n) is 11.0. The minimum Gasteiger partial charge on any atom is -0.461 e. The number of hydrogen-bond donors (Lipinski definition) is 1. The van der Waals surface area contributed by atoms with Crippen molar-refractivity contribution in [3.05, 3.63) is 105 Å². The molecular weight excluding hydrogens is 419 g/mol. The lowest BCUT2D eigenvalue weighted by molar-refractivity contribution is 0.0514. The highest BCUT2D eigenvalue weighted by Crippen LogP contribution is 2.36. The van der Waals surface area contributed by atoms with Crippen molar-refractivity contribution in [2.45, 2.75) is 26.3 Å². The Morgan fingerprint density at radius 3 is 2.48 bits per heavy atom. The Labute approximate surface area is 190 Å². The summed E-state index contributed by atoms with van der Waals surface area (Å²) in [5, 5.41) is 0. The predicted molar refractivity (Wildman–Crippen MR) is 125 cm³/mol. The number of aromatic nitrogens is 2. The molecule has 1 N–H and O–H groups in total. The quantitative estimate of drug-likeness (QED) is 0.444. The Bertz CT molecular complexity index is 1390. The fourth-order valence-electron chi connectivity index (χ4n) is 4.48. The van der Waals surface area contributed by atoms with Crippen molar-refractivity contribution < 1.29 is 13.9 Å². The van der Waals surface area contributed by atoms with Crippen molar-refractivity contribution in [1.29, 1.82) is 0 Å². The normalized spacial score (nSPS) is 12.2. The summed E-state index contributed by atoms with van der Waals surface area (Å²) < 4.78 is 20.6. The lowest BCUT2D eigenvalue weighted by Crippen LogP contribution is -2.19. The number of rotatable bonds is 5. The summed E-state index contributed by atoms with van der Waals surface area (Å²) in [6.07, 6.45) is 1.49. The van der Waals surface area contributed by atoms with Crippen LogP contribution in [-0.4, -0.2) is 22.1 Å². The number of benzene rings is 2. The van der Waals surface area contributed by atoms with Gasteiger partial charge in [-0.25, -0.2) is 9.18 Å². The maximum atomic E-state index is 13.4. The number of pyridine rings is 1. The van der Waals surface area contributed by atoms with Crippen molar-refractivity contribution in [3.8, 4) is 22.5 Å². The Morgan fingerprint density at radius 2 is 1.76 bits per heavy atom. The lowest BCUT2D eigenvalue weighted by Gasteiger charge is -2.21. The Morgan fingerprint density at radius 1 is 1.03 bits per heavy atom. The molecule has 4 aromatic rings.